The Balaban J connectivity index is 1.01. The molecule has 0 saturated heterocycles. The molecule has 470 valence electrons. The van der Waals surface area contributed by atoms with Crippen LogP contribution in [0.2, 0.25) is 0 Å². The Hall–Kier alpha value is -9.12. The van der Waals surface area contributed by atoms with E-state index in [1.165, 1.54) is 152 Å². The Kier molecular flexibility index (Phi) is 14.9. The molecular weight excluding hydrogens is 1140 g/mol. The molecule has 2 fully saturated rings. The van der Waals surface area contributed by atoms with Crippen molar-refractivity contribution in [3.63, 3.8) is 0 Å². The fourth-order valence-electron chi connectivity index (χ4n) is 16.8. The van der Waals surface area contributed by atoms with Crippen LogP contribution < -0.4 is 9.80 Å². The second kappa shape index (κ2) is 23.4. The minimum Gasteiger partial charge on any atom is -0.453 e. The van der Waals surface area contributed by atoms with Crippen molar-refractivity contribution in [2.45, 2.75) is 168 Å². The lowest BCUT2D eigenvalue weighted by molar-refractivity contribution is 0.445. The highest BCUT2D eigenvalue weighted by molar-refractivity contribution is 6.30. The van der Waals surface area contributed by atoms with Crippen LogP contribution >= 0.6 is 0 Å². The Bertz CT molecular complexity index is 4860. The summed E-state index contributed by atoms with van der Waals surface area (Å²) in [6, 6.07) is 79.2. The monoisotopic (exact) mass is 1230 g/mol. The highest BCUT2D eigenvalue weighted by Crippen LogP contribution is 2.56. The maximum absolute atomic E-state index is 7.55. The van der Waals surface area contributed by atoms with E-state index in [0.717, 1.165) is 77.8 Å². The Labute approximate surface area is 555 Å². The van der Waals surface area contributed by atoms with Crippen LogP contribution in [-0.2, 0) is 10.8 Å². The summed E-state index contributed by atoms with van der Waals surface area (Å²) in [6.45, 7) is 23.1. The summed E-state index contributed by atoms with van der Waals surface area (Å²) < 4.78 is 15.1. The van der Waals surface area contributed by atoms with Gasteiger partial charge in [0.05, 0.1) is 22.7 Å². The Morgan fingerprint density at radius 3 is 1.03 bits per heavy atom. The molecule has 2 aromatic heterocycles. The molecule has 2 heterocycles. The average molecular weight is 1230 g/mol. The van der Waals surface area contributed by atoms with Gasteiger partial charge < -0.3 is 18.6 Å². The first-order chi connectivity index (χ1) is 45.6. The lowest BCUT2D eigenvalue weighted by Crippen LogP contribution is -2.15. The van der Waals surface area contributed by atoms with E-state index in [1.807, 2.05) is 0 Å². The molecule has 0 spiro atoms. The van der Waals surface area contributed by atoms with Gasteiger partial charge in [-0.15, -0.1) is 0 Å². The van der Waals surface area contributed by atoms with Gasteiger partial charge in [-0.3, -0.25) is 0 Å². The molecule has 4 heteroatoms. The van der Waals surface area contributed by atoms with E-state index < -0.39 is 0 Å². The van der Waals surface area contributed by atoms with Crippen LogP contribution in [0, 0.1) is 0 Å². The molecule has 0 amide bonds. The first-order valence-corrected chi connectivity index (χ1v) is 35.3. The minimum atomic E-state index is -0.0270. The Morgan fingerprint density at radius 1 is 0.319 bits per heavy atom. The van der Waals surface area contributed by atoms with Crippen LogP contribution in [0.15, 0.2) is 215 Å². The second-order valence-corrected chi connectivity index (χ2v) is 30.3. The van der Waals surface area contributed by atoms with Crippen LogP contribution in [0.1, 0.15) is 190 Å². The number of anilines is 6. The summed E-state index contributed by atoms with van der Waals surface area (Å²) in [7, 11) is 0. The van der Waals surface area contributed by atoms with E-state index in [2.05, 4.69) is 285 Å². The normalized spacial score (nSPS) is 14.8. The molecule has 0 unspecified atom stereocenters. The van der Waals surface area contributed by atoms with Crippen LogP contribution in [0.3, 0.4) is 0 Å². The van der Waals surface area contributed by atoms with Crippen LogP contribution in [-0.4, -0.2) is 0 Å². The van der Waals surface area contributed by atoms with E-state index >= 15 is 0 Å². The van der Waals surface area contributed by atoms with Crippen molar-refractivity contribution in [3.05, 3.63) is 240 Å². The zero-order valence-electron chi connectivity index (χ0n) is 56.7. The predicted molar refractivity (Wildman–Crippen MR) is 402 cm³/mol. The summed E-state index contributed by atoms with van der Waals surface area (Å²) in [5.74, 6) is 1.51. The fraction of sp³-hybridized carbons (Fsp3) is 0.289. The van der Waals surface area contributed by atoms with Crippen LogP contribution in [0.25, 0.3) is 98.4 Å². The van der Waals surface area contributed by atoms with Gasteiger partial charge in [-0.25, -0.2) is 0 Å². The number of benzene rings is 12. The first kappa shape index (κ1) is 59.9. The molecule has 2 saturated carbocycles. The quantitative estimate of drug-likeness (QED) is 0.114. The summed E-state index contributed by atoms with van der Waals surface area (Å²) in [6.07, 6.45) is 12.2. The first-order valence-electron chi connectivity index (χ1n) is 35.3. The molecule has 4 nitrogen and oxygen atoms in total. The molecule has 0 atom stereocenters. The number of nitrogens with zero attached hydrogens (tertiary/aromatic N) is 2. The highest BCUT2D eigenvalue weighted by Gasteiger charge is 2.33. The van der Waals surface area contributed by atoms with Gasteiger partial charge in [0.2, 0.25) is 0 Å². The van der Waals surface area contributed by atoms with E-state index in [0.29, 0.717) is 23.7 Å². The molecule has 0 radical (unpaired) electrons. The van der Waals surface area contributed by atoms with E-state index in [4.69, 9.17) is 8.83 Å². The van der Waals surface area contributed by atoms with Gasteiger partial charge in [-0.1, -0.05) is 265 Å². The average Bonchev–Trinajstić information content (AvgIpc) is 0.735. The zero-order valence-corrected chi connectivity index (χ0v) is 56.7. The lowest BCUT2D eigenvalue weighted by Gasteiger charge is -2.33. The van der Waals surface area contributed by atoms with Crippen LogP contribution in [0.5, 0.6) is 0 Å². The third-order valence-corrected chi connectivity index (χ3v) is 21.7. The highest BCUT2D eigenvalue weighted by atomic mass is 16.3. The van der Waals surface area contributed by atoms with Gasteiger partial charge in [0.25, 0.3) is 0 Å². The topological polar surface area (TPSA) is 32.8 Å². The van der Waals surface area contributed by atoms with E-state index in [9.17, 15) is 0 Å². The van der Waals surface area contributed by atoms with Crippen molar-refractivity contribution in [3.8, 4) is 22.3 Å². The summed E-state index contributed by atoms with van der Waals surface area (Å²) in [5.41, 5.74) is 23.1. The van der Waals surface area contributed by atoms with Crippen molar-refractivity contribution in [1.29, 1.82) is 0 Å². The number of hydrogen-bond donors (Lipinski definition) is 0. The maximum Gasteiger partial charge on any atom is 0.159 e. The molecule has 94 heavy (non-hydrogen) atoms. The molecule has 16 rings (SSSR count). The standard InChI is InChI=1S/C90H88N2O2/c1-55(2)63-29-17-19-31-65(63)69-33-21-35-71-73-37-23-39-79(87(73)93-85(69)71)91(61-45-41-59(42-46-61)89(5,6)7)81-53-77(57-25-13-11-14-26-57)67-50-52-76-82(54-78(58-27-15-12-16-28-58)68-49-51-75(81)83(67)84(68)76)92(62-47-43-60(44-48-62)90(8,9)10)80-40-24-38-74-72-36-22-34-70(86(72)94-88(74)80)66-32-20-18-30-64(66)56(3)4/h17-24,29-58H,11-16,25-28H2,1-10H3. The number of furan rings is 2. The van der Waals surface area contributed by atoms with Gasteiger partial charge in [0.15, 0.2) is 11.2 Å². The number of rotatable bonds is 12. The smallest absolute Gasteiger partial charge is 0.159 e. The van der Waals surface area contributed by atoms with Gasteiger partial charge in [-0.05, 0) is 175 Å². The number of hydrogen-bond acceptors (Lipinski definition) is 4. The largest absolute Gasteiger partial charge is 0.453 e. The molecule has 0 aliphatic heterocycles. The van der Waals surface area contributed by atoms with Crippen LogP contribution in [0.4, 0.5) is 34.1 Å². The van der Waals surface area contributed by atoms with Gasteiger partial charge in [-0.2, -0.15) is 0 Å². The molecular formula is C90H88N2O2. The lowest BCUT2D eigenvalue weighted by atomic mass is 9.77. The third kappa shape index (κ3) is 10.1. The molecule has 0 bridgehead atoms. The molecule has 2 aliphatic rings. The maximum atomic E-state index is 7.55. The van der Waals surface area contributed by atoms with E-state index in [1.54, 1.807) is 0 Å². The van der Waals surface area contributed by atoms with Crippen molar-refractivity contribution < 1.29 is 8.83 Å². The second-order valence-electron chi connectivity index (χ2n) is 30.3. The van der Waals surface area contributed by atoms with Gasteiger partial charge >= 0.3 is 0 Å². The molecule has 2 aliphatic carbocycles. The van der Waals surface area contributed by atoms with Crippen molar-refractivity contribution in [1.82, 2.24) is 0 Å². The van der Waals surface area contributed by atoms with Crippen molar-refractivity contribution >= 4 is 110 Å². The van der Waals surface area contributed by atoms with Crippen molar-refractivity contribution in [2.75, 3.05) is 9.80 Å². The molecule has 0 N–H and O–H groups in total. The van der Waals surface area contributed by atoms with Gasteiger partial charge in [0, 0.05) is 54.8 Å². The number of para-hydroxylation sites is 4. The number of fused-ring (bicyclic) bond motifs is 6. The summed E-state index contributed by atoms with van der Waals surface area (Å²) >= 11 is 0. The minimum absolute atomic E-state index is 0.0270. The predicted octanol–water partition coefficient (Wildman–Crippen LogP) is 27.6. The zero-order chi connectivity index (χ0) is 64.3. The van der Waals surface area contributed by atoms with Gasteiger partial charge in [0.1, 0.15) is 11.2 Å². The van der Waals surface area contributed by atoms with Crippen molar-refractivity contribution in [2.24, 2.45) is 0 Å². The Morgan fingerprint density at radius 2 is 0.660 bits per heavy atom. The summed E-state index contributed by atoms with van der Waals surface area (Å²) in [5, 5.41) is 12.4. The fourth-order valence-corrected chi connectivity index (χ4v) is 16.8. The SMILES string of the molecule is CC(C)c1ccccc1-c1cccc2c1oc1c(N(c3ccc(C(C)(C)C)cc3)c3cc(C4CCCCC4)c4ccc5c(N(c6ccc(C(C)(C)C)cc6)c6cccc7c6oc6c(-c8ccccc8C(C)C)cccc67)cc(C6CCCCC6)c6ccc3c4c65)cccc12. The summed E-state index contributed by atoms with van der Waals surface area (Å²) in [4.78, 5) is 5.17. The molecule has 12 aromatic carbocycles. The third-order valence-electron chi connectivity index (χ3n) is 21.7. The van der Waals surface area contributed by atoms with E-state index in [-0.39, 0.29) is 10.8 Å². The molecule has 14 aromatic rings.